The second-order valence-corrected chi connectivity index (χ2v) is 6.38. The first-order valence-electron chi connectivity index (χ1n) is 8.61. The molecular formula is C20H22N2O4. The number of likely N-dealkylation sites (tertiary alicyclic amines) is 1. The second-order valence-electron chi connectivity index (χ2n) is 6.38. The number of nitrogens with zero attached hydrogens (tertiary/aromatic N) is 1. The normalized spacial score (nSPS) is 20.5. The lowest BCUT2D eigenvalue weighted by Crippen LogP contribution is -2.47. The maximum absolute atomic E-state index is 12.7. The van der Waals surface area contributed by atoms with Crippen LogP contribution in [0.2, 0.25) is 0 Å². The first kappa shape index (κ1) is 17.9. The zero-order valence-electron chi connectivity index (χ0n) is 14.5. The van der Waals surface area contributed by atoms with Crippen molar-refractivity contribution in [3.63, 3.8) is 0 Å². The van der Waals surface area contributed by atoms with Gasteiger partial charge in [-0.1, -0.05) is 48.5 Å². The van der Waals surface area contributed by atoms with Crippen LogP contribution in [0.1, 0.15) is 24.9 Å². The summed E-state index contributed by atoms with van der Waals surface area (Å²) >= 11 is 0. The van der Waals surface area contributed by atoms with Crippen molar-refractivity contribution < 1.29 is 19.4 Å². The molecule has 6 nitrogen and oxygen atoms in total. The molecular weight excluding hydrogens is 332 g/mol. The molecule has 136 valence electrons. The van der Waals surface area contributed by atoms with Crippen LogP contribution >= 0.6 is 0 Å². The van der Waals surface area contributed by atoms with E-state index in [1.165, 1.54) is 4.90 Å². The molecule has 0 aliphatic carbocycles. The third-order valence-corrected chi connectivity index (χ3v) is 4.42. The molecule has 2 aromatic carbocycles. The van der Waals surface area contributed by atoms with E-state index in [1.807, 2.05) is 43.3 Å². The molecule has 1 heterocycles. The Balaban J connectivity index is 1.66. The summed E-state index contributed by atoms with van der Waals surface area (Å²) < 4.78 is 5.31. The molecule has 1 fully saturated rings. The Hall–Kier alpha value is -2.86. The zero-order valence-corrected chi connectivity index (χ0v) is 14.5. The van der Waals surface area contributed by atoms with Crippen LogP contribution in [-0.2, 0) is 4.79 Å². The highest BCUT2D eigenvalue weighted by Crippen LogP contribution is 2.22. The van der Waals surface area contributed by atoms with Gasteiger partial charge in [-0.2, -0.15) is 0 Å². The minimum absolute atomic E-state index is 0.0729. The summed E-state index contributed by atoms with van der Waals surface area (Å²) in [5.74, 6) is 0.0959. The van der Waals surface area contributed by atoms with Gasteiger partial charge in [0.25, 0.3) is 0 Å². The number of nitrogens with one attached hydrogen (secondary N) is 1. The van der Waals surface area contributed by atoms with Crippen LogP contribution in [-0.4, -0.2) is 40.7 Å². The first-order valence-corrected chi connectivity index (χ1v) is 8.61. The van der Waals surface area contributed by atoms with Gasteiger partial charge in [0.2, 0.25) is 5.91 Å². The van der Waals surface area contributed by atoms with Gasteiger partial charge in [0, 0.05) is 6.42 Å². The number of hydrogen-bond donors (Lipinski definition) is 2. The van der Waals surface area contributed by atoms with Gasteiger partial charge in [-0.3, -0.25) is 9.69 Å². The van der Waals surface area contributed by atoms with E-state index in [4.69, 9.17) is 4.74 Å². The lowest BCUT2D eigenvalue weighted by atomic mass is 10.1. The molecule has 1 aliphatic heterocycles. The maximum atomic E-state index is 12.7. The molecule has 0 spiro atoms. The SMILES string of the molecule is CC(NC(=O)[C@@H]1CC(O)CN1C(=O)Oc1ccccc1)c1ccccc1. The fourth-order valence-corrected chi connectivity index (χ4v) is 3.05. The monoisotopic (exact) mass is 354 g/mol. The number of carbonyl (C=O) groups excluding carboxylic acids is 2. The van der Waals surface area contributed by atoms with Gasteiger partial charge >= 0.3 is 6.09 Å². The van der Waals surface area contributed by atoms with Crippen molar-refractivity contribution >= 4 is 12.0 Å². The van der Waals surface area contributed by atoms with Crippen molar-refractivity contribution in [2.75, 3.05) is 6.54 Å². The summed E-state index contributed by atoms with van der Waals surface area (Å²) in [7, 11) is 0. The van der Waals surface area contributed by atoms with Crippen molar-refractivity contribution in [1.82, 2.24) is 10.2 Å². The Morgan fingerprint density at radius 1 is 1.12 bits per heavy atom. The highest BCUT2D eigenvalue weighted by molar-refractivity contribution is 5.87. The van der Waals surface area contributed by atoms with Gasteiger partial charge in [0.15, 0.2) is 0 Å². The predicted molar refractivity (Wildman–Crippen MR) is 96.6 cm³/mol. The summed E-state index contributed by atoms with van der Waals surface area (Å²) in [5, 5.41) is 12.9. The molecule has 0 radical (unpaired) electrons. The van der Waals surface area contributed by atoms with Crippen molar-refractivity contribution in [2.24, 2.45) is 0 Å². The minimum atomic E-state index is -0.757. The summed E-state index contributed by atoms with van der Waals surface area (Å²) in [5.41, 5.74) is 0.970. The van der Waals surface area contributed by atoms with E-state index in [9.17, 15) is 14.7 Å². The first-order chi connectivity index (χ1) is 12.5. The Morgan fingerprint density at radius 2 is 1.73 bits per heavy atom. The van der Waals surface area contributed by atoms with Gasteiger partial charge in [-0.05, 0) is 24.6 Å². The van der Waals surface area contributed by atoms with E-state index in [0.717, 1.165) is 5.56 Å². The Kier molecular flexibility index (Phi) is 5.53. The Morgan fingerprint density at radius 3 is 2.38 bits per heavy atom. The summed E-state index contributed by atoms with van der Waals surface area (Å²) in [4.78, 5) is 26.4. The fourth-order valence-electron chi connectivity index (χ4n) is 3.05. The van der Waals surface area contributed by atoms with E-state index in [0.29, 0.717) is 5.75 Å². The van der Waals surface area contributed by atoms with Crippen LogP contribution in [0.15, 0.2) is 60.7 Å². The van der Waals surface area contributed by atoms with Crippen molar-refractivity contribution in [2.45, 2.75) is 31.5 Å². The molecule has 26 heavy (non-hydrogen) atoms. The van der Waals surface area contributed by atoms with Gasteiger partial charge in [0.1, 0.15) is 11.8 Å². The smallest absolute Gasteiger partial charge is 0.410 e. The van der Waals surface area contributed by atoms with Crippen LogP contribution in [0.25, 0.3) is 0 Å². The van der Waals surface area contributed by atoms with Crippen molar-refractivity contribution in [3.8, 4) is 5.75 Å². The summed E-state index contributed by atoms with van der Waals surface area (Å²) in [6, 6.07) is 17.3. The van der Waals surface area contributed by atoms with Crippen molar-refractivity contribution in [1.29, 1.82) is 0 Å². The largest absolute Gasteiger partial charge is 0.416 e. The number of benzene rings is 2. The van der Waals surface area contributed by atoms with Crippen LogP contribution in [0.5, 0.6) is 5.75 Å². The molecule has 6 heteroatoms. The number of aliphatic hydroxyl groups excluding tert-OH is 1. The van der Waals surface area contributed by atoms with Gasteiger partial charge in [-0.25, -0.2) is 4.79 Å². The highest BCUT2D eigenvalue weighted by Gasteiger charge is 2.40. The molecule has 2 amide bonds. The number of rotatable bonds is 4. The number of aliphatic hydroxyl groups is 1. The quantitative estimate of drug-likeness (QED) is 0.884. The molecule has 3 rings (SSSR count). The number of hydrogen-bond acceptors (Lipinski definition) is 4. The molecule has 0 saturated carbocycles. The Labute approximate surface area is 152 Å². The summed E-state index contributed by atoms with van der Waals surface area (Å²) in [6.07, 6.45) is -1.20. The standard InChI is InChI=1S/C20H22N2O4/c1-14(15-8-4-2-5-9-15)21-19(24)18-12-16(23)13-22(18)20(25)26-17-10-6-3-7-11-17/h2-11,14,16,18,23H,12-13H2,1H3,(H,21,24)/t14?,16?,18-/m0/s1. The van der Waals surface area contributed by atoms with Crippen LogP contribution in [0, 0.1) is 0 Å². The molecule has 1 saturated heterocycles. The lowest BCUT2D eigenvalue weighted by Gasteiger charge is -2.24. The van der Waals surface area contributed by atoms with Crippen LogP contribution in [0.4, 0.5) is 4.79 Å². The fraction of sp³-hybridized carbons (Fsp3) is 0.300. The van der Waals surface area contributed by atoms with Gasteiger partial charge < -0.3 is 15.2 Å². The number of amides is 2. The average molecular weight is 354 g/mol. The third-order valence-electron chi connectivity index (χ3n) is 4.42. The van der Waals surface area contributed by atoms with E-state index >= 15 is 0 Å². The lowest BCUT2D eigenvalue weighted by molar-refractivity contribution is -0.125. The highest BCUT2D eigenvalue weighted by atomic mass is 16.6. The summed E-state index contributed by atoms with van der Waals surface area (Å²) in [6.45, 7) is 1.95. The Bertz CT molecular complexity index is 751. The third kappa shape index (κ3) is 4.21. The van der Waals surface area contributed by atoms with Crippen LogP contribution < -0.4 is 10.1 Å². The topological polar surface area (TPSA) is 78.9 Å². The molecule has 2 unspecified atom stereocenters. The number of para-hydroxylation sites is 1. The zero-order chi connectivity index (χ0) is 18.5. The maximum Gasteiger partial charge on any atom is 0.416 e. The molecule has 0 bridgehead atoms. The van der Waals surface area contributed by atoms with E-state index in [-0.39, 0.29) is 24.9 Å². The average Bonchev–Trinajstić information content (AvgIpc) is 3.05. The van der Waals surface area contributed by atoms with Crippen LogP contribution in [0.3, 0.4) is 0 Å². The minimum Gasteiger partial charge on any atom is -0.410 e. The number of β-amino-alcohol motifs (C(OH)–C–C–N with tert-alkyl or cyclic N) is 1. The van der Waals surface area contributed by atoms with E-state index in [1.54, 1.807) is 24.3 Å². The molecule has 0 aromatic heterocycles. The molecule has 2 aromatic rings. The van der Waals surface area contributed by atoms with E-state index < -0.39 is 18.2 Å². The van der Waals surface area contributed by atoms with Crippen molar-refractivity contribution in [3.05, 3.63) is 66.2 Å². The van der Waals surface area contributed by atoms with Gasteiger partial charge in [-0.15, -0.1) is 0 Å². The van der Waals surface area contributed by atoms with Gasteiger partial charge in [0.05, 0.1) is 18.7 Å². The number of carbonyl (C=O) groups is 2. The number of ether oxygens (including phenoxy) is 1. The molecule has 3 atom stereocenters. The molecule has 2 N–H and O–H groups in total. The molecule has 1 aliphatic rings. The van der Waals surface area contributed by atoms with E-state index in [2.05, 4.69) is 5.32 Å². The second kappa shape index (κ2) is 8.01. The predicted octanol–water partition coefficient (Wildman–Crippen LogP) is 2.50.